The second kappa shape index (κ2) is 10.5. The summed E-state index contributed by atoms with van der Waals surface area (Å²) in [7, 11) is -1.20. The van der Waals surface area contributed by atoms with Crippen LogP contribution in [0.1, 0.15) is 15.9 Å². The van der Waals surface area contributed by atoms with Gasteiger partial charge in [-0.15, -0.1) is 0 Å². The van der Waals surface area contributed by atoms with E-state index in [2.05, 4.69) is 5.32 Å². The SMILES string of the molecule is O=C(NC=C(OP(c1ccccc1)c1ccccc1)c1ccccc1)c1ccccc1F. The van der Waals surface area contributed by atoms with Crippen LogP contribution in [0.3, 0.4) is 0 Å². The van der Waals surface area contributed by atoms with Crippen molar-refractivity contribution in [2.24, 2.45) is 0 Å². The Balaban J connectivity index is 1.69. The highest BCUT2D eigenvalue weighted by Crippen LogP contribution is 2.40. The number of carbonyl (C=O) groups excluding carboxylic acids is 1. The molecule has 0 spiro atoms. The molecule has 0 fully saturated rings. The van der Waals surface area contributed by atoms with Crippen LogP contribution in [-0.4, -0.2) is 5.91 Å². The maximum absolute atomic E-state index is 14.0. The van der Waals surface area contributed by atoms with Gasteiger partial charge in [-0.1, -0.05) is 103 Å². The molecular weight excluding hydrogens is 420 g/mol. The van der Waals surface area contributed by atoms with Crippen molar-refractivity contribution in [2.75, 3.05) is 0 Å². The summed E-state index contributed by atoms with van der Waals surface area (Å²) in [5.41, 5.74) is 0.783. The highest BCUT2D eigenvalue weighted by molar-refractivity contribution is 7.68. The first-order valence-corrected chi connectivity index (χ1v) is 11.4. The van der Waals surface area contributed by atoms with Crippen LogP contribution in [0.25, 0.3) is 5.76 Å². The third-order valence-electron chi connectivity index (χ3n) is 4.68. The van der Waals surface area contributed by atoms with Gasteiger partial charge in [-0.3, -0.25) is 4.79 Å². The maximum Gasteiger partial charge on any atom is 0.258 e. The van der Waals surface area contributed by atoms with E-state index in [-0.39, 0.29) is 5.56 Å². The van der Waals surface area contributed by atoms with Gasteiger partial charge in [-0.2, -0.15) is 0 Å². The minimum Gasteiger partial charge on any atom is -0.462 e. The van der Waals surface area contributed by atoms with E-state index < -0.39 is 19.9 Å². The van der Waals surface area contributed by atoms with Gasteiger partial charge in [0.05, 0.1) is 5.56 Å². The van der Waals surface area contributed by atoms with Crippen LogP contribution in [-0.2, 0) is 4.52 Å². The third-order valence-corrected chi connectivity index (χ3v) is 6.60. The molecule has 0 radical (unpaired) electrons. The largest absolute Gasteiger partial charge is 0.462 e. The number of rotatable bonds is 7. The van der Waals surface area contributed by atoms with Crippen LogP contribution in [0, 0.1) is 5.82 Å². The van der Waals surface area contributed by atoms with Crippen molar-refractivity contribution in [3.8, 4) is 0 Å². The van der Waals surface area contributed by atoms with Gasteiger partial charge in [0.1, 0.15) is 11.6 Å². The second-order valence-corrected chi connectivity index (χ2v) is 8.69. The van der Waals surface area contributed by atoms with Crippen molar-refractivity contribution in [3.63, 3.8) is 0 Å². The molecule has 0 aliphatic carbocycles. The molecule has 0 saturated carbocycles. The number of amides is 1. The average molecular weight is 441 g/mol. The average Bonchev–Trinajstić information content (AvgIpc) is 2.86. The number of hydrogen-bond donors (Lipinski definition) is 1. The van der Waals surface area contributed by atoms with Gasteiger partial charge >= 0.3 is 0 Å². The van der Waals surface area contributed by atoms with Gasteiger partial charge in [0.2, 0.25) is 0 Å². The number of hydrogen-bond acceptors (Lipinski definition) is 2. The molecule has 1 N–H and O–H groups in total. The summed E-state index contributed by atoms with van der Waals surface area (Å²) in [6.45, 7) is 0. The Hall–Kier alpha value is -3.75. The van der Waals surface area contributed by atoms with E-state index in [1.807, 2.05) is 91.0 Å². The fourth-order valence-corrected chi connectivity index (χ4v) is 4.85. The van der Waals surface area contributed by atoms with Gasteiger partial charge in [0.15, 0.2) is 8.15 Å². The molecule has 0 aliphatic heterocycles. The zero-order valence-corrected chi connectivity index (χ0v) is 18.1. The van der Waals surface area contributed by atoms with Gasteiger partial charge in [0.25, 0.3) is 5.91 Å². The van der Waals surface area contributed by atoms with Crippen LogP contribution >= 0.6 is 8.15 Å². The first kappa shape index (κ1) is 21.5. The molecule has 5 heteroatoms. The van der Waals surface area contributed by atoms with Crippen LogP contribution in [0.4, 0.5) is 4.39 Å². The maximum atomic E-state index is 14.0. The van der Waals surface area contributed by atoms with Crippen LogP contribution in [0.2, 0.25) is 0 Å². The third kappa shape index (κ3) is 5.29. The second-order valence-electron chi connectivity index (χ2n) is 6.88. The zero-order valence-electron chi connectivity index (χ0n) is 17.2. The Morgan fingerprint density at radius 3 is 1.78 bits per heavy atom. The van der Waals surface area contributed by atoms with E-state index in [1.54, 1.807) is 12.1 Å². The molecule has 1 amide bonds. The molecule has 3 nitrogen and oxygen atoms in total. The Morgan fingerprint density at radius 1 is 0.719 bits per heavy atom. The molecular formula is C27H21FNO2P. The summed E-state index contributed by atoms with van der Waals surface area (Å²) in [5, 5.41) is 4.77. The molecule has 32 heavy (non-hydrogen) atoms. The zero-order chi connectivity index (χ0) is 22.2. The van der Waals surface area contributed by atoms with Crippen LogP contribution in [0.15, 0.2) is 121 Å². The molecule has 0 atom stereocenters. The fraction of sp³-hybridized carbons (Fsp3) is 0. The Morgan fingerprint density at radius 2 is 1.22 bits per heavy atom. The van der Waals surface area contributed by atoms with Crippen molar-refractivity contribution in [3.05, 3.63) is 138 Å². The van der Waals surface area contributed by atoms with Gasteiger partial charge in [0, 0.05) is 22.4 Å². The molecule has 0 aromatic heterocycles. The number of halogens is 1. The van der Waals surface area contributed by atoms with E-state index >= 15 is 0 Å². The van der Waals surface area contributed by atoms with Crippen LogP contribution < -0.4 is 15.9 Å². The summed E-state index contributed by atoms with van der Waals surface area (Å²) < 4.78 is 20.6. The van der Waals surface area contributed by atoms with Crippen molar-refractivity contribution in [2.45, 2.75) is 0 Å². The summed E-state index contributed by atoms with van der Waals surface area (Å²) in [5.74, 6) is -0.616. The van der Waals surface area contributed by atoms with E-state index in [4.69, 9.17) is 4.52 Å². The molecule has 0 heterocycles. The van der Waals surface area contributed by atoms with E-state index in [9.17, 15) is 9.18 Å². The number of benzene rings is 4. The Kier molecular flexibility index (Phi) is 7.06. The molecule has 0 aliphatic rings. The predicted molar refractivity (Wildman–Crippen MR) is 128 cm³/mol. The molecule has 0 saturated heterocycles. The lowest BCUT2D eigenvalue weighted by molar-refractivity contribution is 0.0966. The minimum atomic E-state index is -1.20. The summed E-state index contributed by atoms with van der Waals surface area (Å²) in [4.78, 5) is 12.6. The first-order chi connectivity index (χ1) is 15.7. The predicted octanol–water partition coefficient (Wildman–Crippen LogP) is 5.62. The monoisotopic (exact) mass is 441 g/mol. The van der Waals surface area contributed by atoms with E-state index in [0.29, 0.717) is 5.76 Å². The van der Waals surface area contributed by atoms with E-state index in [0.717, 1.165) is 16.2 Å². The fourth-order valence-electron chi connectivity index (χ4n) is 3.10. The normalized spacial score (nSPS) is 11.2. The standard InChI is InChI=1S/C27H21FNO2P/c28-25-19-11-10-18-24(25)27(30)29-20-26(21-12-4-1-5-13-21)31-32(22-14-6-2-7-15-22)23-16-8-3-9-17-23/h1-20H,(H,29,30). The minimum absolute atomic E-state index is 0.0236. The van der Waals surface area contributed by atoms with E-state index in [1.165, 1.54) is 18.3 Å². The lowest BCUT2D eigenvalue weighted by Crippen LogP contribution is -2.20. The van der Waals surface area contributed by atoms with Crippen molar-refractivity contribution in [1.82, 2.24) is 5.32 Å². The lowest BCUT2D eigenvalue weighted by Gasteiger charge is -2.21. The molecule has 0 unspecified atom stereocenters. The summed E-state index contributed by atoms with van der Waals surface area (Å²) >= 11 is 0. The quantitative estimate of drug-likeness (QED) is 0.299. The molecule has 4 rings (SSSR count). The highest BCUT2D eigenvalue weighted by atomic mass is 31.1. The first-order valence-electron chi connectivity index (χ1n) is 10.1. The smallest absolute Gasteiger partial charge is 0.258 e. The summed E-state index contributed by atoms with van der Waals surface area (Å²) in [6.07, 6.45) is 1.51. The molecule has 4 aromatic carbocycles. The Labute approximate surface area is 188 Å². The van der Waals surface area contributed by atoms with Crippen molar-refractivity contribution in [1.29, 1.82) is 0 Å². The highest BCUT2D eigenvalue weighted by Gasteiger charge is 2.19. The van der Waals surface area contributed by atoms with Gasteiger partial charge in [-0.05, 0) is 12.1 Å². The van der Waals surface area contributed by atoms with Gasteiger partial charge in [-0.25, -0.2) is 4.39 Å². The Bertz CT molecular complexity index is 1160. The summed E-state index contributed by atoms with van der Waals surface area (Å²) in [6, 6.07) is 35.3. The molecule has 4 aromatic rings. The van der Waals surface area contributed by atoms with Crippen LogP contribution in [0.5, 0.6) is 0 Å². The molecule has 0 bridgehead atoms. The number of carbonyl (C=O) groups is 1. The lowest BCUT2D eigenvalue weighted by atomic mass is 10.2. The van der Waals surface area contributed by atoms with Crippen molar-refractivity contribution < 1.29 is 13.7 Å². The number of nitrogens with one attached hydrogen (secondary N) is 1. The topological polar surface area (TPSA) is 38.3 Å². The van der Waals surface area contributed by atoms with Gasteiger partial charge < -0.3 is 9.84 Å². The molecule has 158 valence electrons. The van der Waals surface area contributed by atoms with Crippen molar-refractivity contribution >= 4 is 30.4 Å².